The molecule has 4 N–H and O–H groups in total. The molecule has 2 aromatic heterocycles. The van der Waals surface area contributed by atoms with Gasteiger partial charge in [0.05, 0.1) is 5.56 Å². The van der Waals surface area contributed by atoms with Crippen LogP contribution in [0.3, 0.4) is 0 Å². The molecule has 5 nitrogen and oxygen atoms in total. The van der Waals surface area contributed by atoms with Crippen molar-refractivity contribution in [1.82, 2.24) is 4.98 Å². The zero-order chi connectivity index (χ0) is 17.1. The maximum atomic E-state index is 9.66. The van der Waals surface area contributed by atoms with E-state index >= 15 is 0 Å². The molecule has 0 aliphatic carbocycles. The zero-order valence-electron chi connectivity index (χ0n) is 12.4. The fraction of sp³-hybridized carbons (Fsp3) is 0. The van der Waals surface area contributed by atoms with Crippen LogP contribution in [0.4, 0.5) is 11.5 Å². The second-order valence-electron chi connectivity index (χ2n) is 4.80. The molecule has 0 aliphatic rings. The van der Waals surface area contributed by atoms with Crippen molar-refractivity contribution in [2.24, 2.45) is 0 Å². The van der Waals surface area contributed by atoms with Gasteiger partial charge in [0.25, 0.3) is 0 Å². The Balaban J connectivity index is 2.19. The van der Waals surface area contributed by atoms with Crippen molar-refractivity contribution in [1.29, 1.82) is 10.5 Å². The first kappa shape index (κ1) is 15.9. The first-order valence-electron chi connectivity index (χ1n) is 6.85. The van der Waals surface area contributed by atoms with Crippen molar-refractivity contribution in [3.05, 3.63) is 52.9 Å². The van der Waals surface area contributed by atoms with Crippen LogP contribution in [0.15, 0.2) is 51.7 Å². The van der Waals surface area contributed by atoms with Crippen molar-refractivity contribution in [3.63, 3.8) is 0 Å². The molecule has 116 valence electrons. The molecule has 0 amide bonds. The van der Waals surface area contributed by atoms with Gasteiger partial charge in [-0.15, -0.1) is 11.3 Å². The summed E-state index contributed by atoms with van der Waals surface area (Å²) in [7, 11) is 0. The largest absolute Gasteiger partial charge is 0.399 e. The molecular weight excluding hydrogens is 338 g/mol. The highest BCUT2D eigenvalue weighted by molar-refractivity contribution is 7.99. The summed E-state index contributed by atoms with van der Waals surface area (Å²) in [6.45, 7) is 0. The second kappa shape index (κ2) is 6.63. The minimum atomic E-state index is 0.123. The van der Waals surface area contributed by atoms with E-state index in [1.54, 1.807) is 12.1 Å². The molecule has 2 heterocycles. The van der Waals surface area contributed by atoms with E-state index in [-0.39, 0.29) is 11.4 Å². The Bertz CT molecular complexity index is 964. The van der Waals surface area contributed by atoms with Gasteiger partial charge in [-0.2, -0.15) is 10.5 Å². The quantitative estimate of drug-likeness (QED) is 0.694. The number of nitrogen functional groups attached to an aromatic ring is 2. The molecular formula is C17H11N5S2. The lowest BCUT2D eigenvalue weighted by Gasteiger charge is -2.11. The Hall–Kier alpha value is -3.00. The van der Waals surface area contributed by atoms with Crippen LogP contribution in [0.5, 0.6) is 0 Å². The van der Waals surface area contributed by atoms with Crippen molar-refractivity contribution >= 4 is 34.6 Å². The van der Waals surface area contributed by atoms with Gasteiger partial charge in [0.1, 0.15) is 28.5 Å². The third kappa shape index (κ3) is 2.91. The van der Waals surface area contributed by atoms with E-state index in [0.717, 1.165) is 9.77 Å². The topological polar surface area (TPSA) is 113 Å². The van der Waals surface area contributed by atoms with E-state index in [1.807, 2.05) is 29.6 Å². The molecule has 0 spiro atoms. The highest BCUT2D eigenvalue weighted by Gasteiger charge is 2.21. The number of rotatable bonds is 3. The van der Waals surface area contributed by atoms with Gasteiger partial charge >= 0.3 is 0 Å². The van der Waals surface area contributed by atoms with Crippen LogP contribution in [-0.2, 0) is 0 Å². The van der Waals surface area contributed by atoms with Crippen LogP contribution < -0.4 is 11.5 Å². The van der Waals surface area contributed by atoms with Gasteiger partial charge in [-0.25, -0.2) is 4.98 Å². The van der Waals surface area contributed by atoms with E-state index in [9.17, 15) is 10.5 Å². The number of hydrogen-bond acceptors (Lipinski definition) is 7. The molecule has 1 aromatic carbocycles. The van der Waals surface area contributed by atoms with Crippen LogP contribution in [0, 0.1) is 22.7 Å². The molecule has 0 unspecified atom stereocenters. The van der Waals surface area contributed by atoms with Crippen LogP contribution in [-0.4, -0.2) is 4.98 Å². The average molecular weight is 349 g/mol. The third-order valence-electron chi connectivity index (χ3n) is 3.28. The summed E-state index contributed by atoms with van der Waals surface area (Å²) in [4.78, 5) is 5.97. The monoisotopic (exact) mass is 349 g/mol. The maximum absolute atomic E-state index is 9.66. The van der Waals surface area contributed by atoms with Crippen molar-refractivity contribution in [3.8, 4) is 22.6 Å². The highest BCUT2D eigenvalue weighted by atomic mass is 32.2. The first-order chi connectivity index (χ1) is 11.6. The maximum Gasteiger partial charge on any atom is 0.143 e. The van der Waals surface area contributed by atoms with E-state index < -0.39 is 0 Å². The lowest BCUT2D eigenvalue weighted by atomic mass is 10.0. The normalized spacial score (nSPS) is 10.1. The van der Waals surface area contributed by atoms with Crippen molar-refractivity contribution in [2.75, 3.05) is 11.5 Å². The molecule has 0 radical (unpaired) electrons. The molecule has 0 fully saturated rings. The number of nitriles is 2. The predicted molar refractivity (Wildman–Crippen MR) is 96.4 cm³/mol. The Morgan fingerprint density at radius 2 is 1.71 bits per heavy atom. The van der Waals surface area contributed by atoms with Gasteiger partial charge in [-0.3, -0.25) is 0 Å². The molecule has 0 saturated heterocycles. The fourth-order valence-electron chi connectivity index (χ4n) is 2.19. The van der Waals surface area contributed by atoms with Crippen molar-refractivity contribution in [2.45, 2.75) is 9.92 Å². The number of hydrogen-bond donors (Lipinski definition) is 2. The number of nitrogens with two attached hydrogens (primary N) is 2. The molecule has 0 saturated carbocycles. The summed E-state index contributed by atoms with van der Waals surface area (Å²) in [5.74, 6) is 0.123. The second-order valence-corrected chi connectivity index (χ2v) is 6.81. The molecule has 3 rings (SSSR count). The summed E-state index contributed by atoms with van der Waals surface area (Å²) in [5, 5.41) is 21.5. The predicted octanol–water partition coefficient (Wildman–Crippen LogP) is 3.87. The lowest BCUT2D eigenvalue weighted by Crippen LogP contribution is -2.02. The lowest BCUT2D eigenvalue weighted by molar-refractivity contribution is 1.11. The Kier molecular flexibility index (Phi) is 4.39. The van der Waals surface area contributed by atoms with Gasteiger partial charge in [0.15, 0.2) is 0 Å². The highest BCUT2D eigenvalue weighted by Crippen LogP contribution is 2.39. The smallest absolute Gasteiger partial charge is 0.143 e. The number of anilines is 2. The standard InChI is InChI=1S/C17H11N5S2/c18-8-12-15(14-2-1-7-23-14)13(9-19)17(22-16(12)21)24-11-5-3-10(20)4-6-11/h1-7H,20H2,(H2,21,22). The van der Waals surface area contributed by atoms with Crippen LogP contribution in [0.1, 0.15) is 11.1 Å². The van der Waals surface area contributed by atoms with Crippen molar-refractivity contribution < 1.29 is 0 Å². The SMILES string of the molecule is N#Cc1c(N)nc(Sc2ccc(N)cc2)c(C#N)c1-c1cccs1. The van der Waals surface area contributed by atoms with Crippen LogP contribution in [0.25, 0.3) is 10.4 Å². The summed E-state index contributed by atoms with van der Waals surface area (Å²) < 4.78 is 0. The number of pyridine rings is 1. The fourth-order valence-corrected chi connectivity index (χ4v) is 3.86. The third-order valence-corrected chi connectivity index (χ3v) is 5.16. The molecule has 3 aromatic rings. The van der Waals surface area contributed by atoms with Gasteiger partial charge in [-0.1, -0.05) is 17.8 Å². The number of benzene rings is 1. The minimum absolute atomic E-state index is 0.123. The number of aromatic nitrogens is 1. The van der Waals surface area contributed by atoms with Crippen LogP contribution >= 0.6 is 23.1 Å². The molecule has 0 aliphatic heterocycles. The van der Waals surface area contributed by atoms with E-state index in [4.69, 9.17) is 11.5 Å². The number of thiophene rings is 1. The number of nitrogens with zero attached hydrogens (tertiary/aromatic N) is 3. The summed E-state index contributed by atoms with van der Waals surface area (Å²) >= 11 is 2.77. The van der Waals surface area contributed by atoms with E-state index in [1.165, 1.54) is 23.1 Å². The zero-order valence-corrected chi connectivity index (χ0v) is 14.0. The average Bonchev–Trinajstić information content (AvgIpc) is 3.10. The Morgan fingerprint density at radius 1 is 1.00 bits per heavy atom. The minimum Gasteiger partial charge on any atom is -0.399 e. The molecule has 7 heteroatoms. The van der Waals surface area contributed by atoms with Gasteiger partial charge in [0, 0.05) is 21.0 Å². The van der Waals surface area contributed by atoms with Crippen LogP contribution in [0.2, 0.25) is 0 Å². The molecule has 0 bridgehead atoms. The molecule has 0 atom stereocenters. The van der Waals surface area contributed by atoms with Gasteiger partial charge < -0.3 is 11.5 Å². The first-order valence-corrected chi connectivity index (χ1v) is 8.54. The van der Waals surface area contributed by atoms with Gasteiger partial charge in [0.2, 0.25) is 0 Å². The Labute approximate surface area is 147 Å². The summed E-state index contributed by atoms with van der Waals surface area (Å²) in [6.07, 6.45) is 0. The Morgan fingerprint density at radius 3 is 2.29 bits per heavy atom. The summed E-state index contributed by atoms with van der Waals surface area (Å²) in [5.41, 5.74) is 13.4. The van der Waals surface area contributed by atoms with E-state index in [0.29, 0.717) is 21.8 Å². The summed E-state index contributed by atoms with van der Waals surface area (Å²) in [6, 6.07) is 15.2. The van der Waals surface area contributed by atoms with Gasteiger partial charge in [-0.05, 0) is 35.7 Å². The van der Waals surface area contributed by atoms with E-state index in [2.05, 4.69) is 17.1 Å². The molecule has 24 heavy (non-hydrogen) atoms.